The van der Waals surface area contributed by atoms with Crippen LogP contribution in [-0.4, -0.2) is 27.0 Å². The summed E-state index contributed by atoms with van der Waals surface area (Å²) < 4.78 is 10.6. The minimum atomic E-state index is 0.757. The number of pyridine rings is 2. The minimum Gasteiger partial charge on any atom is -0.497 e. The van der Waals surface area contributed by atoms with Gasteiger partial charge in [-0.25, -0.2) is 9.97 Å². The minimum absolute atomic E-state index is 0.757. The number of aromatic nitrogens is 4. The van der Waals surface area contributed by atoms with E-state index in [4.69, 9.17) is 9.15 Å². The smallest absolute Gasteiger partial charge is 0.157 e. The number of hydrogen-bond acceptors (Lipinski definition) is 5. The van der Waals surface area contributed by atoms with E-state index in [-0.39, 0.29) is 0 Å². The number of fused-ring (bicyclic) bond motifs is 1. The van der Waals surface area contributed by atoms with E-state index >= 15 is 0 Å². The molecule has 0 atom stereocenters. The van der Waals surface area contributed by atoms with Gasteiger partial charge in [-0.1, -0.05) is 0 Å². The number of imidazole rings is 1. The monoisotopic (exact) mass is 320 g/mol. The molecule has 0 aliphatic heterocycles. The predicted molar refractivity (Wildman–Crippen MR) is 89.8 cm³/mol. The summed E-state index contributed by atoms with van der Waals surface area (Å²) in [5, 5.41) is 0. The molecule has 1 N–H and O–H groups in total. The fraction of sp³-hybridized carbons (Fsp3) is 0.167. The van der Waals surface area contributed by atoms with Crippen molar-refractivity contribution in [2.45, 2.75) is 12.8 Å². The van der Waals surface area contributed by atoms with Crippen LogP contribution in [0.3, 0.4) is 0 Å². The number of nitrogens with one attached hydrogen (secondary N) is 1. The Morgan fingerprint density at radius 1 is 1.17 bits per heavy atom. The van der Waals surface area contributed by atoms with E-state index in [1.807, 2.05) is 30.3 Å². The van der Waals surface area contributed by atoms with Gasteiger partial charge in [-0.15, -0.1) is 0 Å². The van der Waals surface area contributed by atoms with E-state index in [0.717, 1.165) is 52.6 Å². The van der Waals surface area contributed by atoms with Crippen molar-refractivity contribution in [2.75, 3.05) is 7.11 Å². The van der Waals surface area contributed by atoms with Gasteiger partial charge >= 0.3 is 0 Å². The summed E-state index contributed by atoms with van der Waals surface area (Å²) in [5.74, 6) is 2.49. The lowest BCUT2D eigenvalue weighted by molar-refractivity contribution is 0.413. The normalized spacial score (nSPS) is 11.0. The van der Waals surface area contributed by atoms with Gasteiger partial charge in [0, 0.05) is 36.1 Å². The predicted octanol–water partition coefficient (Wildman–Crippen LogP) is 3.41. The Kier molecular flexibility index (Phi) is 3.70. The van der Waals surface area contributed by atoms with Gasteiger partial charge in [0.25, 0.3) is 0 Å². The van der Waals surface area contributed by atoms with Gasteiger partial charge < -0.3 is 14.1 Å². The van der Waals surface area contributed by atoms with Gasteiger partial charge in [-0.3, -0.25) is 4.98 Å². The van der Waals surface area contributed by atoms with Crippen molar-refractivity contribution < 1.29 is 9.15 Å². The Morgan fingerprint density at radius 3 is 2.96 bits per heavy atom. The standard InChI is InChI=1S/C18H16N4O2/c1-23-14-6-7-19-13(10-14)4-5-17-21-15-9-12(11-20-18(15)22-17)16-3-2-8-24-16/h2-3,6-11H,4-5H2,1H3,(H,20,21,22). The lowest BCUT2D eigenvalue weighted by atomic mass is 10.2. The number of rotatable bonds is 5. The summed E-state index contributed by atoms with van der Waals surface area (Å²) in [7, 11) is 1.65. The third kappa shape index (κ3) is 2.86. The van der Waals surface area contributed by atoms with Gasteiger partial charge in [0.15, 0.2) is 5.65 Å². The molecule has 0 aromatic carbocycles. The number of hydrogen-bond donors (Lipinski definition) is 1. The van der Waals surface area contributed by atoms with E-state index < -0.39 is 0 Å². The molecule has 0 amide bonds. The topological polar surface area (TPSA) is 76.8 Å². The second-order valence-corrected chi connectivity index (χ2v) is 5.44. The highest BCUT2D eigenvalue weighted by Gasteiger charge is 2.08. The van der Waals surface area contributed by atoms with Crippen LogP contribution >= 0.6 is 0 Å². The molecule has 0 radical (unpaired) electrons. The molecule has 0 spiro atoms. The lowest BCUT2D eigenvalue weighted by Gasteiger charge is -2.02. The van der Waals surface area contributed by atoms with Gasteiger partial charge in [-0.2, -0.15) is 0 Å². The molecular weight excluding hydrogens is 304 g/mol. The average molecular weight is 320 g/mol. The Bertz CT molecular complexity index is 960. The summed E-state index contributed by atoms with van der Waals surface area (Å²) >= 11 is 0. The Morgan fingerprint density at radius 2 is 2.12 bits per heavy atom. The quantitative estimate of drug-likeness (QED) is 0.610. The second kappa shape index (κ2) is 6.16. The number of nitrogens with zero attached hydrogens (tertiary/aromatic N) is 3. The molecule has 120 valence electrons. The Hall–Kier alpha value is -3.15. The van der Waals surface area contributed by atoms with E-state index in [1.165, 1.54) is 0 Å². The van der Waals surface area contributed by atoms with Crippen molar-refractivity contribution in [1.29, 1.82) is 0 Å². The summed E-state index contributed by atoms with van der Waals surface area (Å²) in [4.78, 5) is 16.7. The number of furan rings is 1. The maximum Gasteiger partial charge on any atom is 0.157 e. The van der Waals surface area contributed by atoms with Crippen molar-refractivity contribution in [3.05, 3.63) is 60.5 Å². The molecule has 6 heteroatoms. The van der Waals surface area contributed by atoms with Crippen LogP contribution in [0.4, 0.5) is 0 Å². The highest BCUT2D eigenvalue weighted by Crippen LogP contribution is 2.22. The SMILES string of the molecule is COc1ccnc(CCc2nc3cc(-c4ccco4)cnc3[nH]2)c1. The number of ether oxygens (including phenoxy) is 1. The number of aryl methyl sites for hydroxylation is 2. The van der Waals surface area contributed by atoms with Crippen molar-refractivity contribution in [1.82, 2.24) is 19.9 Å². The Labute approximate surface area is 138 Å². The highest BCUT2D eigenvalue weighted by atomic mass is 16.5. The van der Waals surface area contributed by atoms with Crippen molar-refractivity contribution >= 4 is 11.2 Å². The molecule has 0 aliphatic rings. The first kappa shape index (κ1) is 14.4. The fourth-order valence-corrected chi connectivity index (χ4v) is 2.61. The molecule has 4 aromatic rings. The first-order valence-electron chi connectivity index (χ1n) is 7.69. The lowest BCUT2D eigenvalue weighted by Crippen LogP contribution is -1.96. The van der Waals surface area contributed by atoms with Crippen LogP contribution in [0, 0.1) is 0 Å². The first-order chi connectivity index (χ1) is 11.8. The molecule has 4 rings (SSSR count). The van der Waals surface area contributed by atoms with E-state index in [9.17, 15) is 0 Å². The summed E-state index contributed by atoms with van der Waals surface area (Å²) in [5.41, 5.74) is 3.50. The zero-order chi connectivity index (χ0) is 16.4. The third-order valence-corrected chi connectivity index (χ3v) is 3.83. The number of methoxy groups -OCH3 is 1. The fourth-order valence-electron chi connectivity index (χ4n) is 2.61. The van der Waals surface area contributed by atoms with Gasteiger partial charge in [0.1, 0.15) is 22.9 Å². The number of H-pyrrole nitrogens is 1. The summed E-state index contributed by atoms with van der Waals surface area (Å²) in [6, 6.07) is 9.52. The van der Waals surface area contributed by atoms with Crippen molar-refractivity contribution in [3.63, 3.8) is 0 Å². The van der Waals surface area contributed by atoms with Crippen LogP contribution in [0.1, 0.15) is 11.5 Å². The molecular formula is C18H16N4O2. The molecule has 0 unspecified atom stereocenters. The molecule has 0 aliphatic carbocycles. The highest BCUT2D eigenvalue weighted by molar-refractivity contribution is 5.76. The Balaban J connectivity index is 1.54. The van der Waals surface area contributed by atoms with Crippen LogP contribution < -0.4 is 4.74 Å². The van der Waals surface area contributed by atoms with Crippen LogP contribution in [0.15, 0.2) is 53.4 Å². The molecule has 0 bridgehead atoms. The molecule has 0 fully saturated rings. The van der Waals surface area contributed by atoms with Crippen LogP contribution in [-0.2, 0) is 12.8 Å². The zero-order valence-corrected chi connectivity index (χ0v) is 13.2. The molecule has 6 nitrogen and oxygen atoms in total. The molecule has 0 saturated heterocycles. The average Bonchev–Trinajstić information content (AvgIpc) is 3.28. The third-order valence-electron chi connectivity index (χ3n) is 3.83. The first-order valence-corrected chi connectivity index (χ1v) is 7.69. The summed E-state index contributed by atoms with van der Waals surface area (Å²) in [6.07, 6.45) is 6.72. The maximum atomic E-state index is 5.40. The second-order valence-electron chi connectivity index (χ2n) is 5.44. The molecule has 4 aromatic heterocycles. The van der Waals surface area contributed by atoms with E-state index in [2.05, 4.69) is 19.9 Å². The summed E-state index contributed by atoms with van der Waals surface area (Å²) in [6.45, 7) is 0. The molecule has 24 heavy (non-hydrogen) atoms. The van der Waals surface area contributed by atoms with Crippen LogP contribution in [0.2, 0.25) is 0 Å². The maximum absolute atomic E-state index is 5.40. The van der Waals surface area contributed by atoms with Gasteiger partial charge in [-0.05, 0) is 30.7 Å². The van der Waals surface area contributed by atoms with E-state index in [0.29, 0.717) is 0 Å². The van der Waals surface area contributed by atoms with Gasteiger partial charge in [0.05, 0.1) is 13.4 Å². The largest absolute Gasteiger partial charge is 0.497 e. The van der Waals surface area contributed by atoms with Gasteiger partial charge in [0.2, 0.25) is 0 Å². The molecule has 4 heterocycles. The van der Waals surface area contributed by atoms with E-state index in [1.54, 1.807) is 25.8 Å². The van der Waals surface area contributed by atoms with Crippen LogP contribution in [0.5, 0.6) is 5.75 Å². The zero-order valence-electron chi connectivity index (χ0n) is 13.2. The van der Waals surface area contributed by atoms with Crippen molar-refractivity contribution in [2.24, 2.45) is 0 Å². The molecule has 0 saturated carbocycles. The number of aromatic amines is 1. The van der Waals surface area contributed by atoms with Crippen molar-refractivity contribution in [3.8, 4) is 17.1 Å². The van der Waals surface area contributed by atoms with Crippen LogP contribution in [0.25, 0.3) is 22.5 Å².